The molecule has 0 radical (unpaired) electrons. The molecule has 2 rings (SSSR count). The Morgan fingerprint density at radius 2 is 1.67 bits per heavy atom. The van der Waals surface area contributed by atoms with Crippen molar-refractivity contribution in [3.05, 3.63) is 65.7 Å². The molecular formula is C15H18N2O3S. The van der Waals surface area contributed by atoms with Crippen LogP contribution in [0.1, 0.15) is 11.1 Å². The molecule has 0 spiro atoms. The van der Waals surface area contributed by atoms with Crippen molar-refractivity contribution in [3.8, 4) is 0 Å². The Balaban J connectivity index is 2.14. The van der Waals surface area contributed by atoms with Crippen LogP contribution < -0.4 is 4.72 Å². The van der Waals surface area contributed by atoms with Gasteiger partial charge in [0.1, 0.15) is 0 Å². The maximum absolute atomic E-state index is 12.3. The number of anilines is 1. The molecule has 0 saturated carbocycles. The van der Waals surface area contributed by atoms with Gasteiger partial charge in [0, 0.05) is 19.2 Å². The van der Waals surface area contributed by atoms with E-state index in [0.717, 1.165) is 5.56 Å². The molecule has 6 heteroatoms. The van der Waals surface area contributed by atoms with Crippen molar-refractivity contribution in [3.63, 3.8) is 0 Å². The van der Waals surface area contributed by atoms with Gasteiger partial charge >= 0.3 is 10.2 Å². The molecule has 0 unspecified atom stereocenters. The van der Waals surface area contributed by atoms with E-state index >= 15 is 0 Å². The van der Waals surface area contributed by atoms with Gasteiger partial charge < -0.3 is 5.11 Å². The third-order valence-electron chi connectivity index (χ3n) is 3.09. The molecule has 112 valence electrons. The molecule has 0 fully saturated rings. The summed E-state index contributed by atoms with van der Waals surface area (Å²) in [5.74, 6) is 0. The maximum Gasteiger partial charge on any atom is 0.301 e. The van der Waals surface area contributed by atoms with Crippen molar-refractivity contribution in [1.29, 1.82) is 0 Å². The van der Waals surface area contributed by atoms with Crippen LogP contribution in [0, 0.1) is 0 Å². The molecular weight excluding hydrogens is 288 g/mol. The standard InChI is InChI=1S/C15H18N2O3S/c1-17(11-13-7-3-2-4-8-13)21(19,20)16-15-10-6-5-9-14(15)12-18/h2-10,16,18H,11-12H2,1H3. The van der Waals surface area contributed by atoms with E-state index in [9.17, 15) is 13.5 Å². The van der Waals surface area contributed by atoms with E-state index in [4.69, 9.17) is 0 Å². The third kappa shape index (κ3) is 4.04. The van der Waals surface area contributed by atoms with Gasteiger partial charge in [0.2, 0.25) is 0 Å². The lowest BCUT2D eigenvalue weighted by Crippen LogP contribution is -2.32. The minimum absolute atomic E-state index is 0.221. The molecule has 2 aromatic rings. The minimum Gasteiger partial charge on any atom is -0.392 e. The van der Waals surface area contributed by atoms with Gasteiger partial charge in [-0.15, -0.1) is 0 Å². The summed E-state index contributed by atoms with van der Waals surface area (Å²) in [6.07, 6.45) is 0. The first kappa shape index (κ1) is 15.5. The zero-order valence-electron chi connectivity index (χ0n) is 11.7. The van der Waals surface area contributed by atoms with Crippen LogP contribution in [0.3, 0.4) is 0 Å². The van der Waals surface area contributed by atoms with Crippen LogP contribution in [0.5, 0.6) is 0 Å². The lowest BCUT2D eigenvalue weighted by Gasteiger charge is -2.19. The normalized spacial score (nSPS) is 11.6. The monoisotopic (exact) mass is 306 g/mol. The highest BCUT2D eigenvalue weighted by Gasteiger charge is 2.18. The van der Waals surface area contributed by atoms with Crippen LogP contribution in [0.25, 0.3) is 0 Å². The highest BCUT2D eigenvalue weighted by atomic mass is 32.2. The van der Waals surface area contributed by atoms with Crippen LogP contribution in [-0.2, 0) is 23.4 Å². The van der Waals surface area contributed by atoms with E-state index < -0.39 is 10.2 Å². The van der Waals surface area contributed by atoms with E-state index in [2.05, 4.69) is 4.72 Å². The van der Waals surface area contributed by atoms with Crippen LogP contribution in [0.2, 0.25) is 0 Å². The van der Waals surface area contributed by atoms with Gasteiger partial charge in [0.25, 0.3) is 0 Å². The smallest absolute Gasteiger partial charge is 0.301 e. The average Bonchev–Trinajstić information content (AvgIpc) is 2.48. The van der Waals surface area contributed by atoms with Crippen molar-refractivity contribution in [2.45, 2.75) is 13.2 Å². The van der Waals surface area contributed by atoms with E-state index in [1.54, 1.807) is 24.3 Å². The summed E-state index contributed by atoms with van der Waals surface area (Å²) in [4.78, 5) is 0. The molecule has 5 nitrogen and oxygen atoms in total. The Labute approximate surface area is 125 Å². The summed E-state index contributed by atoms with van der Waals surface area (Å²) in [7, 11) is -2.16. The summed E-state index contributed by atoms with van der Waals surface area (Å²) in [5, 5.41) is 9.24. The zero-order valence-corrected chi connectivity index (χ0v) is 12.5. The largest absolute Gasteiger partial charge is 0.392 e. The van der Waals surface area contributed by atoms with Crippen LogP contribution >= 0.6 is 0 Å². The number of hydrogen-bond donors (Lipinski definition) is 2. The fraction of sp³-hybridized carbons (Fsp3) is 0.200. The fourth-order valence-corrected chi connectivity index (χ4v) is 2.85. The van der Waals surface area contributed by atoms with E-state index in [1.165, 1.54) is 11.4 Å². The predicted molar refractivity (Wildman–Crippen MR) is 82.8 cm³/mol. The Morgan fingerprint density at radius 1 is 1.05 bits per heavy atom. The number of hydrogen-bond acceptors (Lipinski definition) is 3. The molecule has 2 N–H and O–H groups in total. The summed E-state index contributed by atoms with van der Waals surface area (Å²) in [6.45, 7) is 0.0541. The lowest BCUT2D eigenvalue weighted by atomic mass is 10.2. The summed E-state index contributed by atoms with van der Waals surface area (Å²) in [5.41, 5.74) is 1.83. The second-order valence-corrected chi connectivity index (χ2v) is 6.44. The number of nitrogens with zero attached hydrogens (tertiary/aromatic N) is 1. The molecule has 2 aromatic carbocycles. The molecule has 0 bridgehead atoms. The number of aliphatic hydroxyl groups is 1. The number of nitrogens with one attached hydrogen (secondary N) is 1. The minimum atomic E-state index is -3.67. The van der Waals surface area contributed by atoms with Gasteiger partial charge in [-0.2, -0.15) is 12.7 Å². The van der Waals surface area contributed by atoms with Crippen LogP contribution in [0.4, 0.5) is 5.69 Å². The molecule has 21 heavy (non-hydrogen) atoms. The fourth-order valence-electron chi connectivity index (χ4n) is 1.90. The molecule has 0 aliphatic rings. The van der Waals surface area contributed by atoms with Gasteiger partial charge in [-0.05, 0) is 11.6 Å². The quantitative estimate of drug-likeness (QED) is 0.857. The Kier molecular flexibility index (Phi) is 4.95. The molecule has 0 aromatic heterocycles. The highest BCUT2D eigenvalue weighted by molar-refractivity contribution is 7.90. The maximum atomic E-state index is 12.3. The highest BCUT2D eigenvalue weighted by Crippen LogP contribution is 2.18. The van der Waals surface area contributed by atoms with Crippen molar-refractivity contribution < 1.29 is 13.5 Å². The molecule has 0 saturated heterocycles. The van der Waals surface area contributed by atoms with Crippen molar-refractivity contribution in [2.75, 3.05) is 11.8 Å². The molecule has 0 aliphatic heterocycles. The second kappa shape index (κ2) is 6.71. The van der Waals surface area contributed by atoms with E-state index in [-0.39, 0.29) is 13.2 Å². The molecule has 0 amide bonds. The first-order chi connectivity index (χ1) is 10.0. The van der Waals surface area contributed by atoms with Crippen molar-refractivity contribution >= 4 is 15.9 Å². The lowest BCUT2D eigenvalue weighted by molar-refractivity contribution is 0.282. The van der Waals surface area contributed by atoms with Crippen LogP contribution in [0.15, 0.2) is 54.6 Å². The van der Waals surface area contributed by atoms with Gasteiger partial charge in [0.15, 0.2) is 0 Å². The Morgan fingerprint density at radius 3 is 2.33 bits per heavy atom. The van der Waals surface area contributed by atoms with Gasteiger partial charge in [0.05, 0.1) is 12.3 Å². The van der Waals surface area contributed by atoms with Crippen molar-refractivity contribution in [2.24, 2.45) is 0 Å². The number of aliphatic hydroxyl groups excluding tert-OH is 1. The van der Waals surface area contributed by atoms with E-state index in [1.807, 2.05) is 30.3 Å². The number of rotatable bonds is 6. The van der Waals surface area contributed by atoms with Gasteiger partial charge in [-0.3, -0.25) is 4.72 Å². The van der Waals surface area contributed by atoms with E-state index in [0.29, 0.717) is 11.3 Å². The number of para-hydroxylation sites is 1. The summed E-state index contributed by atoms with van der Waals surface area (Å²) >= 11 is 0. The topological polar surface area (TPSA) is 69.6 Å². The molecule has 0 heterocycles. The first-order valence-electron chi connectivity index (χ1n) is 6.49. The van der Waals surface area contributed by atoms with Gasteiger partial charge in [-0.25, -0.2) is 0 Å². The first-order valence-corrected chi connectivity index (χ1v) is 7.93. The summed E-state index contributed by atoms with van der Waals surface area (Å²) < 4.78 is 28.3. The Bertz CT molecular complexity index is 687. The van der Waals surface area contributed by atoms with Crippen molar-refractivity contribution in [1.82, 2.24) is 4.31 Å². The third-order valence-corrected chi connectivity index (χ3v) is 4.51. The Hall–Kier alpha value is -1.89. The zero-order chi connectivity index (χ0) is 15.3. The SMILES string of the molecule is CN(Cc1ccccc1)S(=O)(=O)Nc1ccccc1CO. The predicted octanol–water partition coefficient (Wildman–Crippen LogP) is 1.97. The van der Waals surface area contributed by atoms with Crippen LogP contribution in [-0.4, -0.2) is 24.9 Å². The molecule has 0 atom stereocenters. The second-order valence-electron chi connectivity index (χ2n) is 4.66. The average molecular weight is 306 g/mol. The van der Waals surface area contributed by atoms with Gasteiger partial charge in [-0.1, -0.05) is 48.5 Å². The number of benzene rings is 2. The molecule has 0 aliphatic carbocycles. The summed E-state index contributed by atoms with van der Waals surface area (Å²) in [6, 6.07) is 16.1.